The Labute approximate surface area is 134 Å². The number of rotatable bonds is 3. The molecule has 23 heavy (non-hydrogen) atoms. The van der Waals surface area contributed by atoms with Crippen LogP contribution in [0.2, 0.25) is 0 Å². The number of carboxylic acids is 1. The molecular weight excluding hydrogens is 298 g/mol. The zero-order valence-corrected chi connectivity index (χ0v) is 12.7. The van der Waals surface area contributed by atoms with Gasteiger partial charge in [0.15, 0.2) is 0 Å². The van der Waals surface area contributed by atoms with Crippen LogP contribution in [-0.2, 0) is 9.59 Å². The first-order chi connectivity index (χ1) is 11.1. The van der Waals surface area contributed by atoms with E-state index >= 15 is 0 Å². The Morgan fingerprint density at radius 1 is 1.09 bits per heavy atom. The quantitative estimate of drug-likeness (QED) is 0.498. The Morgan fingerprint density at radius 3 is 2.39 bits per heavy atom. The van der Waals surface area contributed by atoms with Crippen molar-refractivity contribution >= 4 is 24.0 Å². The number of aromatic carboxylic acids is 1. The normalized spacial score (nSPS) is 15.2. The molecule has 7 heteroatoms. The number of amides is 2. The SMILES string of the molecule is O=C(N/N=C\c1ccccc1C(=O)O)C(=O)N1CCCCCC1. The van der Waals surface area contributed by atoms with E-state index in [2.05, 4.69) is 10.5 Å². The lowest BCUT2D eigenvalue weighted by molar-refractivity contribution is -0.145. The van der Waals surface area contributed by atoms with Gasteiger partial charge in [-0.2, -0.15) is 5.10 Å². The Balaban J connectivity index is 1.95. The van der Waals surface area contributed by atoms with Crippen molar-refractivity contribution in [3.05, 3.63) is 35.4 Å². The Hall–Kier alpha value is -2.70. The summed E-state index contributed by atoms with van der Waals surface area (Å²) in [5, 5.41) is 12.7. The third-order valence-electron chi connectivity index (χ3n) is 3.65. The summed E-state index contributed by atoms with van der Waals surface area (Å²) in [5.41, 5.74) is 2.58. The van der Waals surface area contributed by atoms with Gasteiger partial charge in [0.2, 0.25) is 0 Å². The van der Waals surface area contributed by atoms with E-state index in [0.29, 0.717) is 18.7 Å². The van der Waals surface area contributed by atoms with E-state index < -0.39 is 17.8 Å². The summed E-state index contributed by atoms with van der Waals surface area (Å²) < 4.78 is 0. The minimum absolute atomic E-state index is 0.0735. The number of carbonyl (C=O) groups excluding carboxylic acids is 2. The summed E-state index contributed by atoms with van der Waals surface area (Å²) in [6, 6.07) is 6.27. The van der Waals surface area contributed by atoms with Gasteiger partial charge in [-0.1, -0.05) is 31.0 Å². The van der Waals surface area contributed by atoms with Crippen LogP contribution in [0.1, 0.15) is 41.6 Å². The molecule has 1 aliphatic rings. The summed E-state index contributed by atoms with van der Waals surface area (Å²) in [7, 11) is 0. The molecule has 0 unspecified atom stereocenters. The molecule has 0 radical (unpaired) electrons. The first kappa shape index (κ1) is 16.7. The predicted molar refractivity (Wildman–Crippen MR) is 84.2 cm³/mol. The number of nitrogens with zero attached hydrogens (tertiary/aromatic N) is 2. The minimum atomic E-state index is -1.08. The van der Waals surface area contributed by atoms with Crippen molar-refractivity contribution in [3.8, 4) is 0 Å². The van der Waals surface area contributed by atoms with Gasteiger partial charge >= 0.3 is 17.8 Å². The Bertz CT molecular complexity index is 620. The van der Waals surface area contributed by atoms with Crippen LogP contribution in [0.4, 0.5) is 0 Å². The Kier molecular flexibility index (Phi) is 5.85. The molecular formula is C16H19N3O4. The highest BCUT2D eigenvalue weighted by molar-refractivity contribution is 6.35. The van der Waals surface area contributed by atoms with Crippen molar-refractivity contribution in [1.82, 2.24) is 10.3 Å². The molecule has 1 aromatic rings. The third-order valence-corrected chi connectivity index (χ3v) is 3.65. The highest BCUT2D eigenvalue weighted by atomic mass is 16.4. The highest BCUT2D eigenvalue weighted by Crippen LogP contribution is 2.09. The summed E-state index contributed by atoms with van der Waals surface area (Å²) in [5.74, 6) is -2.49. The highest BCUT2D eigenvalue weighted by Gasteiger charge is 2.22. The van der Waals surface area contributed by atoms with Gasteiger partial charge in [0, 0.05) is 18.7 Å². The van der Waals surface area contributed by atoms with Gasteiger partial charge in [-0.15, -0.1) is 0 Å². The lowest BCUT2D eigenvalue weighted by Crippen LogP contribution is -2.41. The van der Waals surface area contributed by atoms with E-state index in [-0.39, 0.29) is 5.56 Å². The molecule has 1 saturated heterocycles. The fourth-order valence-electron chi connectivity index (χ4n) is 2.43. The van der Waals surface area contributed by atoms with E-state index in [1.54, 1.807) is 18.2 Å². The molecule has 2 amide bonds. The number of likely N-dealkylation sites (tertiary alicyclic amines) is 1. The van der Waals surface area contributed by atoms with Gasteiger partial charge in [-0.05, 0) is 18.9 Å². The van der Waals surface area contributed by atoms with Crippen molar-refractivity contribution in [2.75, 3.05) is 13.1 Å². The van der Waals surface area contributed by atoms with Crippen LogP contribution in [0.5, 0.6) is 0 Å². The van der Waals surface area contributed by atoms with Crippen molar-refractivity contribution in [2.45, 2.75) is 25.7 Å². The van der Waals surface area contributed by atoms with Gasteiger partial charge in [-0.25, -0.2) is 10.2 Å². The molecule has 0 spiro atoms. The number of hydrogen-bond acceptors (Lipinski definition) is 4. The predicted octanol–water partition coefficient (Wildman–Crippen LogP) is 1.24. The van der Waals surface area contributed by atoms with Gasteiger partial charge < -0.3 is 10.0 Å². The maximum atomic E-state index is 12.0. The maximum Gasteiger partial charge on any atom is 0.336 e. The summed E-state index contributed by atoms with van der Waals surface area (Å²) >= 11 is 0. The van der Waals surface area contributed by atoms with Crippen LogP contribution < -0.4 is 5.43 Å². The fraction of sp³-hybridized carbons (Fsp3) is 0.375. The standard InChI is InChI=1S/C16H19N3O4/c20-14(15(21)19-9-5-1-2-6-10-19)18-17-11-12-7-3-4-8-13(12)16(22)23/h3-4,7-8,11H,1-2,5-6,9-10H2,(H,18,20)(H,22,23)/b17-11-. The topological polar surface area (TPSA) is 99.1 Å². The average molecular weight is 317 g/mol. The van der Waals surface area contributed by atoms with E-state index in [1.165, 1.54) is 17.2 Å². The van der Waals surface area contributed by atoms with Crippen molar-refractivity contribution in [2.24, 2.45) is 5.10 Å². The van der Waals surface area contributed by atoms with Gasteiger partial charge in [0.25, 0.3) is 0 Å². The van der Waals surface area contributed by atoms with E-state index in [0.717, 1.165) is 25.7 Å². The average Bonchev–Trinajstić information content (AvgIpc) is 2.83. The second-order valence-corrected chi connectivity index (χ2v) is 5.30. The number of carbonyl (C=O) groups is 3. The molecule has 0 atom stereocenters. The number of hydrazone groups is 1. The summed E-state index contributed by atoms with van der Waals surface area (Å²) in [6.07, 6.45) is 5.14. The molecule has 1 heterocycles. The smallest absolute Gasteiger partial charge is 0.336 e. The van der Waals surface area contributed by atoms with Crippen LogP contribution in [0.25, 0.3) is 0 Å². The van der Waals surface area contributed by atoms with Gasteiger partial charge in [-0.3, -0.25) is 9.59 Å². The van der Waals surface area contributed by atoms with Crippen LogP contribution in [0.3, 0.4) is 0 Å². The molecule has 0 bridgehead atoms. The van der Waals surface area contributed by atoms with Crippen molar-refractivity contribution in [3.63, 3.8) is 0 Å². The molecule has 122 valence electrons. The second kappa shape index (κ2) is 8.07. The second-order valence-electron chi connectivity index (χ2n) is 5.30. The largest absolute Gasteiger partial charge is 0.478 e. The molecule has 0 saturated carbocycles. The van der Waals surface area contributed by atoms with E-state index in [9.17, 15) is 14.4 Å². The van der Waals surface area contributed by atoms with Crippen LogP contribution >= 0.6 is 0 Å². The maximum absolute atomic E-state index is 12.0. The molecule has 7 nitrogen and oxygen atoms in total. The molecule has 1 aliphatic heterocycles. The van der Waals surface area contributed by atoms with E-state index in [1.807, 2.05) is 0 Å². The number of benzene rings is 1. The molecule has 0 aliphatic carbocycles. The molecule has 2 N–H and O–H groups in total. The Morgan fingerprint density at radius 2 is 1.74 bits per heavy atom. The first-order valence-corrected chi connectivity index (χ1v) is 7.54. The van der Waals surface area contributed by atoms with Gasteiger partial charge in [0.1, 0.15) is 0 Å². The van der Waals surface area contributed by atoms with Crippen LogP contribution in [0.15, 0.2) is 29.4 Å². The molecule has 1 aromatic carbocycles. The van der Waals surface area contributed by atoms with Crippen LogP contribution in [-0.4, -0.2) is 47.1 Å². The van der Waals surface area contributed by atoms with Gasteiger partial charge in [0.05, 0.1) is 11.8 Å². The van der Waals surface area contributed by atoms with E-state index in [4.69, 9.17) is 5.11 Å². The fourth-order valence-corrected chi connectivity index (χ4v) is 2.43. The third kappa shape index (κ3) is 4.64. The number of carboxylic acid groups (broad SMARTS) is 1. The van der Waals surface area contributed by atoms with Crippen molar-refractivity contribution < 1.29 is 19.5 Å². The molecule has 0 aromatic heterocycles. The first-order valence-electron chi connectivity index (χ1n) is 7.54. The van der Waals surface area contributed by atoms with Crippen molar-refractivity contribution in [1.29, 1.82) is 0 Å². The lowest BCUT2D eigenvalue weighted by Gasteiger charge is -2.18. The summed E-state index contributed by atoms with van der Waals surface area (Å²) in [6.45, 7) is 1.16. The number of hydrogen-bond donors (Lipinski definition) is 2. The zero-order valence-electron chi connectivity index (χ0n) is 12.7. The van der Waals surface area contributed by atoms with Crippen LogP contribution in [0, 0.1) is 0 Å². The molecule has 1 fully saturated rings. The zero-order chi connectivity index (χ0) is 16.7. The number of nitrogens with one attached hydrogen (secondary N) is 1. The molecule has 2 rings (SSSR count). The minimum Gasteiger partial charge on any atom is -0.478 e. The summed E-state index contributed by atoms with van der Waals surface area (Å²) in [4.78, 5) is 36.4. The monoisotopic (exact) mass is 317 g/mol. The lowest BCUT2D eigenvalue weighted by atomic mass is 10.1.